The topological polar surface area (TPSA) is 34.4 Å². The van der Waals surface area contributed by atoms with Gasteiger partial charge < -0.3 is 0 Å². The molecule has 0 aliphatic rings. The Hall–Kier alpha value is -1.64. The molecule has 90 valence electrons. The summed E-state index contributed by atoms with van der Waals surface area (Å²) in [5, 5.41) is 0. The molecule has 2 heterocycles. The van der Waals surface area contributed by atoms with E-state index in [1.54, 1.807) is 16.7 Å². The fraction of sp³-hybridized carbons (Fsp3) is 0.429. The van der Waals surface area contributed by atoms with Gasteiger partial charge in [0.1, 0.15) is 5.65 Å². The molecule has 0 aromatic carbocycles. The van der Waals surface area contributed by atoms with Crippen molar-refractivity contribution in [1.29, 1.82) is 0 Å². The molecule has 17 heavy (non-hydrogen) atoms. The summed E-state index contributed by atoms with van der Waals surface area (Å²) in [5.74, 6) is 0. The van der Waals surface area contributed by atoms with Gasteiger partial charge in [-0.1, -0.05) is 20.8 Å². The first kappa shape index (κ1) is 11.8. The zero-order chi connectivity index (χ0) is 12.6. The van der Waals surface area contributed by atoms with Gasteiger partial charge in [-0.05, 0) is 36.5 Å². The number of hydrogen-bond acceptors (Lipinski definition) is 2. The van der Waals surface area contributed by atoms with E-state index in [1.807, 2.05) is 19.1 Å². The number of aromatic nitrogens is 2. The summed E-state index contributed by atoms with van der Waals surface area (Å²) < 4.78 is 1.58. The molecule has 0 bridgehead atoms. The van der Waals surface area contributed by atoms with E-state index in [1.165, 1.54) is 0 Å². The first-order chi connectivity index (χ1) is 7.85. The average Bonchev–Trinajstić information content (AvgIpc) is 2.13. The van der Waals surface area contributed by atoms with Gasteiger partial charge in [0.15, 0.2) is 0 Å². The monoisotopic (exact) mass is 230 g/mol. The molecular formula is C14H18N2O. The van der Waals surface area contributed by atoms with Crippen molar-refractivity contribution < 1.29 is 0 Å². The van der Waals surface area contributed by atoms with Gasteiger partial charge in [-0.15, -0.1) is 0 Å². The second-order valence-electron chi connectivity index (χ2n) is 5.76. The van der Waals surface area contributed by atoms with Crippen LogP contribution in [0.5, 0.6) is 0 Å². The van der Waals surface area contributed by atoms with Crippen LogP contribution in [-0.2, 0) is 6.42 Å². The Bertz CT molecular complexity index is 606. The predicted molar refractivity (Wildman–Crippen MR) is 69.4 cm³/mol. The molecule has 0 aliphatic carbocycles. The van der Waals surface area contributed by atoms with Crippen molar-refractivity contribution >= 4 is 5.65 Å². The molecule has 0 spiro atoms. The number of pyridine rings is 1. The van der Waals surface area contributed by atoms with Crippen molar-refractivity contribution in [3.63, 3.8) is 0 Å². The highest BCUT2D eigenvalue weighted by Crippen LogP contribution is 2.18. The molecule has 0 aliphatic heterocycles. The van der Waals surface area contributed by atoms with E-state index < -0.39 is 0 Å². The van der Waals surface area contributed by atoms with E-state index >= 15 is 0 Å². The first-order valence-corrected chi connectivity index (χ1v) is 5.84. The van der Waals surface area contributed by atoms with Gasteiger partial charge in [-0.2, -0.15) is 0 Å². The van der Waals surface area contributed by atoms with Crippen molar-refractivity contribution in [2.45, 2.75) is 34.1 Å². The fourth-order valence-corrected chi connectivity index (χ4v) is 1.89. The van der Waals surface area contributed by atoms with Gasteiger partial charge in [0.05, 0.1) is 0 Å². The highest BCUT2D eigenvalue weighted by Gasteiger charge is 2.13. The highest BCUT2D eigenvalue weighted by atomic mass is 16.1. The lowest BCUT2D eigenvalue weighted by atomic mass is 9.90. The number of rotatable bonds is 1. The quantitative estimate of drug-likeness (QED) is 0.754. The molecule has 0 amide bonds. The van der Waals surface area contributed by atoms with Crippen molar-refractivity contribution in [3.8, 4) is 0 Å². The Morgan fingerprint density at radius 3 is 2.65 bits per heavy atom. The molecule has 0 atom stereocenters. The van der Waals surface area contributed by atoms with Crippen LogP contribution in [0.3, 0.4) is 0 Å². The average molecular weight is 230 g/mol. The van der Waals surface area contributed by atoms with Crippen LogP contribution < -0.4 is 5.56 Å². The smallest absolute Gasteiger partial charge is 0.258 e. The summed E-state index contributed by atoms with van der Waals surface area (Å²) in [5.41, 5.74) is 2.85. The van der Waals surface area contributed by atoms with Crippen LogP contribution in [0.25, 0.3) is 5.65 Å². The molecule has 2 aromatic heterocycles. The maximum absolute atomic E-state index is 11.9. The van der Waals surface area contributed by atoms with Gasteiger partial charge in [0, 0.05) is 18.0 Å². The maximum atomic E-state index is 11.9. The van der Waals surface area contributed by atoms with Crippen LogP contribution in [0.1, 0.15) is 32.0 Å². The Labute approximate surface area is 101 Å². The fourth-order valence-electron chi connectivity index (χ4n) is 1.89. The Morgan fingerprint density at radius 2 is 2.00 bits per heavy atom. The highest BCUT2D eigenvalue weighted by molar-refractivity contribution is 5.41. The zero-order valence-electron chi connectivity index (χ0n) is 10.8. The van der Waals surface area contributed by atoms with Crippen molar-refractivity contribution in [3.05, 3.63) is 46.0 Å². The Morgan fingerprint density at radius 1 is 1.29 bits per heavy atom. The van der Waals surface area contributed by atoms with Crippen LogP contribution in [0.4, 0.5) is 0 Å². The van der Waals surface area contributed by atoms with E-state index in [0.29, 0.717) is 0 Å². The molecule has 2 aromatic rings. The second-order valence-corrected chi connectivity index (χ2v) is 5.76. The third-order valence-electron chi connectivity index (χ3n) is 2.59. The van der Waals surface area contributed by atoms with Gasteiger partial charge in [0.2, 0.25) is 0 Å². The minimum absolute atomic E-state index is 0.00532. The Balaban J connectivity index is 2.58. The molecular weight excluding hydrogens is 212 g/mol. The minimum Gasteiger partial charge on any atom is -0.269 e. The minimum atomic E-state index is -0.00532. The summed E-state index contributed by atoms with van der Waals surface area (Å²) >= 11 is 0. The van der Waals surface area contributed by atoms with Crippen LogP contribution in [0, 0.1) is 12.3 Å². The number of fused-ring (bicyclic) bond motifs is 1. The molecule has 0 radical (unpaired) electrons. The summed E-state index contributed by atoms with van der Waals surface area (Å²) in [4.78, 5) is 16.5. The molecule has 0 unspecified atom stereocenters. The standard InChI is InChI=1S/C14H18N2O/c1-10-5-6-16-12(7-10)15-11(8-13(16)17)9-14(2,3)4/h5-8H,9H2,1-4H3. The SMILES string of the molecule is Cc1ccn2c(=O)cc(CC(C)(C)C)nc2c1. The normalized spacial score (nSPS) is 12.0. The molecule has 0 saturated carbocycles. The molecule has 0 saturated heterocycles. The predicted octanol–water partition coefficient (Wildman–Crippen LogP) is 2.59. The van der Waals surface area contributed by atoms with E-state index in [0.717, 1.165) is 23.3 Å². The number of aryl methyl sites for hydroxylation is 1. The van der Waals surface area contributed by atoms with Crippen LogP contribution in [0.2, 0.25) is 0 Å². The second kappa shape index (κ2) is 3.99. The van der Waals surface area contributed by atoms with Crippen molar-refractivity contribution in [2.24, 2.45) is 5.41 Å². The Kier molecular flexibility index (Phi) is 2.77. The van der Waals surface area contributed by atoms with Crippen molar-refractivity contribution in [2.75, 3.05) is 0 Å². The van der Waals surface area contributed by atoms with Gasteiger partial charge in [0.25, 0.3) is 5.56 Å². The molecule has 3 nitrogen and oxygen atoms in total. The van der Waals surface area contributed by atoms with Crippen LogP contribution in [-0.4, -0.2) is 9.38 Å². The van der Waals surface area contributed by atoms with Gasteiger partial charge in [-0.25, -0.2) is 4.98 Å². The summed E-state index contributed by atoms with van der Waals surface area (Å²) in [6.07, 6.45) is 2.59. The lowest BCUT2D eigenvalue weighted by Gasteiger charge is -2.17. The largest absolute Gasteiger partial charge is 0.269 e. The molecule has 0 N–H and O–H groups in total. The first-order valence-electron chi connectivity index (χ1n) is 5.84. The number of nitrogens with zero attached hydrogens (tertiary/aromatic N) is 2. The lowest BCUT2D eigenvalue weighted by molar-refractivity contribution is 0.406. The van der Waals surface area contributed by atoms with Crippen LogP contribution in [0.15, 0.2) is 29.2 Å². The summed E-state index contributed by atoms with van der Waals surface area (Å²) in [7, 11) is 0. The summed E-state index contributed by atoms with van der Waals surface area (Å²) in [6.45, 7) is 8.44. The van der Waals surface area contributed by atoms with Crippen molar-refractivity contribution in [1.82, 2.24) is 9.38 Å². The van der Waals surface area contributed by atoms with Gasteiger partial charge in [-0.3, -0.25) is 9.20 Å². The van der Waals surface area contributed by atoms with E-state index in [-0.39, 0.29) is 11.0 Å². The lowest BCUT2D eigenvalue weighted by Crippen LogP contribution is -2.18. The molecule has 0 fully saturated rings. The van der Waals surface area contributed by atoms with Crippen LogP contribution >= 0.6 is 0 Å². The third-order valence-corrected chi connectivity index (χ3v) is 2.59. The van der Waals surface area contributed by atoms with E-state index in [9.17, 15) is 4.79 Å². The zero-order valence-corrected chi connectivity index (χ0v) is 10.8. The number of hydrogen-bond donors (Lipinski definition) is 0. The molecule has 3 heteroatoms. The maximum Gasteiger partial charge on any atom is 0.258 e. The van der Waals surface area contributed by atoms with E-state index in [2.05, 4.69) is 25.8 Å². The van der Waals surface area contributed by atoms with E-state index in [4.69, 9.17) is 0 Å². The molecule has 2 rings (SSSR count). The third kappa shape index (κ3) is 2.73. The van der Waals surface area contributed by atoms with Gasteiger partial charge >= 0.3 is 0 Å². The summed E-state index contributed by atoms with van der Waals surface area (Å²) in [6, 6.07) is 5.49.